The molecule has 0 saturated carbocycles. The maximum Gasteiger partial charge on any atom is 0.0590 e. The van der Waals surface area contributed by atoms with Crippen LogP contribution in [0.2, 0.25) is 0 Å². The second-order valence-corrected chi connectivity index (χ2v) is 5.78. The van der Waals surface area contributed by atoms with Crippen molar-refractivity contribution in [1.29, 1.82) is 0 Å². The number of hydrogen-bond donors (Lipinski definition) is 1. The number of halogens is 1. The minimum Gasteiger partial charge on any atom is -0.378 e. The predicted molar refractivity (Wildman–Crippen MR) is 76.6 cm³/mol. The van der Waals surface area contributed by atoms with Gasteiger partial charge >= 0.3 is 0 Å². The van der Waals surface area contributed by atoms with E-state index in [1.54, 1.807) is 0 Å². The van der Waals surface area contributed by atoms with Gasteiger partial charge in [0.1, 0.15) is 0 Å². The highest BCUT2D eigenvalue weighted by atomic mass is 79.9. The number of rotatable bonds is 5. The zero-order valence-corrected chi connectivity index (χ0v) is 12.6. The summed E-state index contributed by atoms with van der Waals surface area (Å²) in [6, 6.07) is 4.61. The van der Waals surface area contributed by atoms with Crippen LogP contribution in [0.3, 0.4) is 0 Å². The van der Waals surface area contributed by atoms with Crippen molar-refractivity contribution in [3.63, 3.8) is 0 Å². The number of ether oxygens (including phenoxy) is 1. The minimum absolute atomic E-state index is 0.351. The quantitative estimate of drug-likeness (QED) is 0.908. The van der Waals surface area contributed by atoms with E-state index >= 15 is 0 Å². The summed E-state index contributed by atoms with van der Waals surface area (Å²) < 4.78 is 6.71. The van der Waals surface area contributed by atoms with Crippen molar-refractivity contribution >= 4 is 15.9 Å². The highest BCUT2D eigenvalue weighted by Crippen LogP contribution is 2.25. The molecule has 2 heterocycles. The van der Waals surface area contributed by atoms with Crippen LogP contribution >= 0.6 is 15.9 Å². The first kappa shape index (κ1) is 14.0. The summed E-state index contributed by atoms with van der Waals surface area (Å²) in [5, 5.41) is 3.59. The Morgan fingerprint density at radius 3 is 2.94 bits per heavy atom. The molecular formula is C14H21BrN2O. The molecule has 3 unspecified atom stereocenters. The number of nitrogens with one attached hydrogen (secondary N) is 1. The smallest absolute Gasteiger partial charge is 0.0590 e. The molecule has 1 aromatic heterocycles. The second-order valence-electron chi connectivity index (χ2n) is 4.86. The van der Waals surface area contributed by atoms with Crippen LogP contribution in [0.5, 0.6) is 0 Å². The number of hydrogen-bond acceptors (Lipinski definition) is 3. The molecule has 0 spiro atoms. The third-order valence-corrected chi connectivity index (χ3v) is 4.10. The number of nitrogens with zero attached hydrogens (tertiary/aromatic N) is 1. The van der Waals surface area contributed by atoms with Crippen LogP contribution < -0.4 is 5.32 Å². The van der Waals surface area contributed by atoms with Crippen molar-refractivity contribution in [3.8, 4) is 0 Å². The van der Waals surface area contributed by atoms with Gasteiger partial charge in [0.2, 0.25) is 0 Å². The second kappa shape index (κ2) is 6.64. The molecule has 1 aliphatic heterocycles. The normalized spacial score (nSPS) is 25.3. The van der Waals surface area contributed by atoms with Crippen molar-refractivity contribution in [2.75, 3.05) is 13.2 Å². The molecule has 18 heavy (non-hydrogen) atoms. The highest BCUT2D eigenvalue weighted by molar-refractivity contribution is 9.10. The lowest BCUT2D eigenvalue weighted by Crippen LogP contribution is -2.41. The van der Waals surface area contributed by atoms with Gasteiger partial charge in [-0.15, -0.1) is 0 Å². The third kappa shape index (κ3) is 3.53. The Balaban J connectivity index is 2.03. The summed E-state index contributed by atoms with van der Waals surface area (Å²) in [4.78, 5) is 4.47. The standard InChI is InChI=1S/C14H21BrN2O/c1-3-16-14(13-6-7-18-10(13)2)8-12-5-4-11(15)9-17-12/h4-5,9-10,13-14,16H,3,6-8H2,1-2H3. The topological polar surface area (TPSA) is 34.2 Å². The fourth-order valence-electron chi connectivity index (χ4n) is 2.67. The van der Waals surface area contributed by atoms with Crippen LogP contribution in [-0.2, 0) is 11.2 Å². The predicted octanol–water partition coefficient (Wildman–Crippen LogP) is 2.79. The first-order chi connectivity index (χ1) is 8.70. The molecular weight excluding hydrogens is 292 g/mol. The Morgan fingerprint density at radius 1 is 1.56 bits per heavy atom. The first-order valence-corrected chi connectivity index (χ1v) is 7.45. The molecule has 1 N–H and O–H groups in total. The first-order valence-electron chi connectivity index (χ1n) is 6.66. The van der Waals surface area contributed by atoms with Crippen molar-refractivity contribution < 1.29 is 4.74 Å². The summed E-state index contributed by atoms with van der Waals surface area (Å²) in [6.07, 6.45) is 4.34. The molecule has 0 aromatic carbocycles. The van der Waals surface area contributed by atoms with Gasteiger partial charge in [-0.1, -0.05) is 6.92 Å². The van der Waals surface area contributed by atoms with E-state index < -0.39 is 0 Å². The van der Waals surface area contributed by atoms with Gasteiger partial charge in [0.25, 0.3) is 0 Å². The monoisotopic (exact) mass is 312 g/mol. The molecule has 3 atom stereocenters. The van der Waals surface area contributed by atoms with E-state index in [9.17, 15) is 0 Å². The summed E-state index contributed by atoms with van der Waals surface area (Å²) in [5.74, 6) is 0.593. The summed E-state index contributed by atoms with van der Waals surface area (Å²) in [7, 11) is 0. The van der Waals surface area contributed by atoms with Gasteiger partial charge in [-0.25, -0.2) is 0 Å². The number of aromatic nitrogens is 1. The van der Waals surface area contributed by atoms with Gasteiger partial charge in [-0.05, 0) is 48.0 Å². The molecule has 1 aliphatic rings. The van der Waals surface area contributed by atoms with Crippen molar-refractivity contribution in [1.82, 2.24) is 10.3 Å². The van der Waals surface area contributed by atoms with Crippen LogP contribution in [0, 0.1) is 5.92 Å². The van der Waals surface area contributed by atoms with Gasteiger partial charge in [0.05, 0.1) is 6.10 Å². The summed E-state index contributed by atoms with van der Waals surface area (Å²) >= 11 is 3.42. The zero-order valence-electron chi connectivity index (χ0n) is 11.0. The van der Waals surface area contributed by atoms with Crippen molar-refractivity contribution in [2.24, 2.45) is 5.92 Å². The van der Waals surface area contributed by atoms with Crippen LogP contribution in [0.4, 0.5) is 0 Å². The van der Waals surface area contributed by atoms with Gasteiger partial charge in [-0.2, -0.15) is 0 Å². The number of likely N-dealkylation sites (N-methyl/N-ethyl adjacent to an activating group) is 1. The minimum atomic E-state index is 0.351. The Morgan fingerprint density at radius 2 is 2.39 bits per heavy atom. The van der Waals surface area contributed by atoms with Gasteiger partial charge in [0.15, 0.2) is 0 Å². The Kier molecular flexibility index (Phi) is 5.15. The Labute approximate surface area is 117 Å². The van der Waals surface area contributed by atoms with Crippen molar-refractivity contribution in [2.45, 2.75) is 38.8 Å². The van der Waals surface area contributed by atoms with E-state index in [0.717, 1.165) is 36.2 Å². The van der Waals surface area contributed by atoms with E-state index in [1.807, 2.05) is 6.20 Å². The fourth-order valence-corrected chi connectivity index (χ4v) is 2.90. The summed E-state index contributed by atoms with van der Waals surface area (Å²) in [6.45, 7) is 6.21. The molecule has 1 aromatic rings. The summed E-state index contributed by atoms with van der Waals surface area (Å²) in [5.41, 5.74) is 1.14. The maximum atomic E-state index is 5.68. The third-order valence-electron chi connectivity index (χ3n) is 3.64. The molecule has 0 radical (unpaired) electrons. The van der Waals surface area contributed by atoms with E-state index in [1.165, 1.54) is 0 Å². The average molecular weight is 313 g/mol. The molecule has 4 heteroatoms. The lowest BCUT2D eigenvalue weighted by atomic mass is 9.90. The molecule has 2 rings (SSSR count). The SMILES string of the molecule is CCNC(Cc1ccc(Br)cn1)C1CCOC1C. The van der Waals surface area contributed by atoms with Crippen molar-refractivity contribution in [3.05, 3.63) is 28.5 Å². The Hall–Kier alpha value is -0.450. The molecule has 0 aliphatic carbocycles. The van der Waals surface area contributed by atoms with E-state index in [-0.39, 0.29) is 0 Å². The van der Waals surface area contributed by atoms with Crippen LogP contribution in [0.25, 0.3) is 0 Å². The lowest BCUT2D eigenvalue weighted by Gasteiger charge is -2.26. The van der Waals surface area contributed by atoms with E-state index in [4.69, 9.17) is 4.74 Å². The van der Waals surface area contributed by atoms with Crippen LogP contribution in [0.15, 0.2) is 22.8 Å². The van der Waals surface area contributed by atoms with Crippen LogP contribution in [0.1, 0.15) is 26.0 Å². The van der Waals surface area contributed by atoms with E-state index in [2.05, 4.69) is 52.2 Å². The van der Waals surface area contributed by atoms with E-state index in [0.29, 0.717) is 18.1 Å². The molecule has 3 nitrogen and oxygen atoms in total. The van der Waals surface area contributed by atoms with Gasteiger partial charge in [0, 0.05) is 41.4 Å². The molecule has 1 saturated heterocycles. The van der Waals surface area contributed by atoms with Gasteiger partial charge < -0.3 is 10.1 Å². The van der Waals surface area contributed by atoms with Crippen LogP contribution in [-0.4, -0.2) is 30.3 Å². The van der Waals surface area contributed by atoms with Gasteiger partial charge in [-0.3, -0.25) is 4.98 Å². The molecule has 1 fully saturated rings. The highest BCUT2D eigenvalue weighted by Gasteiger charge is 2.31. The largest absolute Gasteiger partial charge is 0.378 e. The average Bonchev–Trinajstić information content (AvgIpc) is 2.78. The molecule has 100 valence electrons. The fraction of sp³-hybridized carbons (Fsp3) is 0.643. The Bertz CT molecular complexity index is 369. The maximum absolute atomic E-state index is 5.68. The zero-order chi connectivity index (χ0) is 13.0. The lowest BCUT2D eigenvalue weighted by molar-refractivity contribution is 0.0955. The molecule has 0 bridgehead atoms. The number of pyridine rings is 1. The molecule has 0 amide bonds.